The molecular formula is C16H20N2O. The van der Waals surface area contributed by atoms with Crippen LogP contribution in [0.2, 0.25) is 0 Å². The molecule has 1 aromatic carbocycles. The molecule has 1 fully saturated rings. The van der Waals surface area contributed by atoms with Gasteiger partial charge in [0.15, 0.2) is 0 Å². The molecule has 0 unspecified atom stereocenters. The Bertz CT molecular complexity index is 473. The number of rotatable bonds is 1. The molecule has 3 heteroatoms. The summed E-state index contributed by atoms with van der Waals surface area (Å²) >= 11 is 0. The average molecular weight is 256 g/mol. The second-order valence-electron chi connectivity index (χ2n) is 5.50. The van der Waals surface area contributed by atoms with Crippen LogP contribution in [0, 0.1) is 5.92 Å². The van der Waals surface area contributed by atoms with Crippen molar-refractivity contribution in [3.63, 3.8) is 0 Å². The number of carbonyl (C=O) groups excluding carboxylic acids is 1. The molecule has 100 valence electrons. The molecule has 0 spiro atoms. The quantitative estimate of drug-likeness (QED) is 0.832. The van der Waals surface area contributed by atoms with E-state index in [1.54, 1.807) is 6.08 Å². The van der Waals surface area contributed by atoms with Gasteiger partial charge in [-0.2, -0.15) is 0 Å². The highest BCUT2D eigenvalue weighted by Crippen LogP contribution is 2.22. The first-order valence-corrected chi connectivity index (χ1v) is 7.07. The normalized spacial score (nSPS) is 30.3. The number of nitrogens with zero attached hydrogens (tertiary/aromatic N) is 1. The van der Waals surface area contributed by atoms with Crippen molar-refractivity contribution < 1.29 is 4.79 Å². The van der Waals surface area contributed by atoms with Crippen LogP contribution in [0.1, 0.15) is 18.4 Å². The van der Waals surface area contributed by atoms with Crippen molar-refractivity contribution in [2.24, 2.45) is 5.92 Å². The minimum Gasteiger partial charge on any atom is -0.352 e. The molecule has 3 aliphatic heterocycles. The van der Waals surface area contributed by atoms with Gasteiger partial charge in [0.1, 0.15) is 0 Å². The zero-order chi connectivity index (χ0) is 13.1. The lowest BCUT2D eigenvalue weighted by Crippen LogP contribution is -2.40. The van der Waals surface area contributed by atoms with Gasteiger partial charge in [-0.1, -0.05) is 30.3 Å². The highest BCUT2D eigenvalue weighted by Gasteiger charge is 2.22. The van der Waals surface area contributed by atoms with Gasteiger partial charge in [0.25, 0.3) is 0 Å². The summed E-state index contributed by atoms with van der Waals surface area (Å²) < 4.78 is 0. The van der Waals surface area contributed by atoms with Crippen LogP contribution in [0.15, 0.2) is 36.4 Å². The molecule has 3 nitrogen and oxygen atoms in total. The van der Waals surface area contributed by atoms with E-state index in [0.717, 1.165) is 37.3 Å². The summed E-state index contributed by atoms with van der Waals surface area (Å²) in [6.07, 6.45) is 4.17. The van der Waals surface area contributed by atoms with Gasteiger partial charge in [-0.25, -0.2) is 0 Å². The van der Waals surface area contributed by atoms with Crippen LogP contribution >= 0.6 is 0 Å². The minimum absolute atomic E-state index is 0.0487. The molecular weight excluding hydrogens is 236 g/mol. The van der Waals surface area contributed by atoms with Gasteiger partial charge in [-0.15, -0.1) is 0 Å². The van der Waals surface area contributed by atoms with Gasteiger partial charge < -0.3 is 5.32 Å². The molecule has 3 aliphatic rings. The molecule has 3 heterocycles. The maximum absolute atomic E-state index is 12.0. The Morgan fingerprint density at radius 1 is 1.11 bits per heavy atom. The van der Waals surface area contributed by atoms with Crippen molar-refractivity contribution in [3.05, 3.63) is 42.0 Å². The largest absolute Gasteiger partial charge is 0.352 e. The maximum Gasteiger partial charge on any atom is 0.244 e. The molecule has 1 N–H and O–H groups in total. The molecule has 1 aromatic rings. The Kier molecular flexibility index (Phi) is 3.65. The lowest BCUT2D eigenvalue weighted by atomic mass is 9.94. The van der Waals surface area contributed by atoms with Gasteiger partial charge in [0.2, 0.25) is 5.91 Å². The Labute approximate surface area is 114 Å². The fourth-order valence-corrected chi connectivity index (χ4v) is 2.92. The van der Waals surface area contributed by atoms with E-state index < -0.39 is 0 Å². The molecule has 19 heavy (non-hydrogen) atoms. The Hall–Kier alpha value is -1.61. The first-order valence-electron chi connectivity index (χ1n) is 7.07. The fraction of sp³-hybridized carbons (Fsp3) is 0.438. The van der Waals surface area contributed by atoms with Crippen LogP contribution in [0.4, 0.5) is 0 Å². The molecule has 0 atom stereocenters. The Morgan fingerprint density at radius 2 is 1.84 bits per heavy atom. The average Bonchev–Trinajstić information content (AvgIpc) is 2.47. The van der Waals surface area contributed by atoms with Crippen LogP contribution in [-0.2, 0) is 4.79 Å². The number of piperidine rings is 1. The van der Waals surface area contributed by atoms with E-state index >= 15 is 0 Å². The second-order valence-corrected chi connectivity index (χ2v) is 5.50. The van der Waals surface area contributed by atoms with Crippen molar-refractivity contribution in [3.8, 4) is 0 Å². The third-order valence-corrected chi connectivity index (χ3v) is 4.12. The topological polar surface area (TPSA) is 32.3 Å². The van der Waals surface area contributed by atoms with Crippen molar-refractivity contribution in [2.75, 3.05) is 26.2 Å². The fourth-order valence-electron chi connectivity index (χ4n) is 2.92. The third kappa shape index (κ3) is 3.04. The highest BCUT2D eigenvalue weighted by molar-refractivity contribution is 5.95. The molecule has 1 amide bonds. The molecule has 0 radical (unpaired) electrons. The van der Waals surface area contributed by atoms with E-state index in [-0.39, 0.29) is 5.91 Å². The monoisotopic (exact) mass is 256 g/mol. The molecule has 0 aromatic heterocycles. The van der Waals surface area contributed by atoms with Gasteiger partial charge in [-0.3, -0.25) is 9.69 Å². The molecule has 0 saturated carbocycles. The van der Waals surface area contributed by atoms with Gasteiger partial charge in [-0.05, 0) is 43.0 Å². The van der Waals surface area contributed by atoms with Crippen LogP contribution in [0.25, 0.3) is 5.57 Å². The summed E-state index contributed by atoms with van der Waals surface area (Å²) in [5, 5.41) is 3.04. The summed E-state index contributed by atoms with van der Waals surface area (Å²) in [6.45, 7) is 3.99. The number of hydrogen-bond donors (Lipinski definition) is 1. The molecule has 2 bridgehead atoms. The summed E-state index contributed by atoms with van der Waals surface area (Å²) in [5.41, 5.74) is 2.28. The van der Waals surface area contributed by atoms with E-state index in [1.807, 2.05) is 18.2 Å². The summed E-state index contributed by atoms with van der Waals surface area (Å²) in [5.74, 6) is 0.708. The zero-order valence-corrected chi connectivity index (χ0v) is 11.1. The zero-order valence-electron chi connectivity index (χ0n) is 11.1. The Balaban J connectivity index is 1.89. The predicted octanol–water partition coefficient (Wildman–Crippen LogP) is 1.91. The third-order valence-electron chi connectivity index (χ3n) is 4.12. The van der Waals surface area contributed by atoms with Gasteiger partial charge >= 0.3 is 0 Å². The highest BCUT2D eigenvalue weighted by atomic mass is 16.1. The van der Waals surface area contributed by atoms with Crippen molar-refractivity contribution >= 4 is 11.5 Å². The predicted molar refractivity (Wildman–Crippen MR) is 76.6 cm³/mol. The van der Waals surface area contributed by atoms with Gasteiger partial charge in [0, 0.05) is 19.2 Å². The van der Waals surface area contributed by atoms with Crippen LogP contribution < -0.4 is 5.32 Å². The molecule has 1 saturated heterocycles. The van der Waals surface area contributed by atoms with Crippen molar-refractivity contribution in [2.45, 2.75) is 12.8 Å². The Morgan fingerprint density at radius 3 is 2.58 bits per heavy atom. The van der Waals surface area contributed by atoms with E-state index in [0.29, 0.717) is 5.92 Å². The van der Waals surface area contributed by atoms with Crippen LogP contribution in [-0.4, -0.2) is 37.0 Å². The maximum atomic E-state index is 12.0. The first kappa shape index (κ1) is 12.4. The first-order chi connectivity index (χ1) is 9.31. The second kappa shape index (κ2) is 5.57. The minimum atomic E-state index is 0.0487. The van der Waals surface area contributed by atoms with E-state index in [9.17, 15) is 4.79 Å². The van der Waals surface area contributed by atoms with Crippen molar-refractivity contribution in [1.82, 2.24) is 10.2 Å². The number of hydrogen-bond acceptors (Lipinski definition) is 2. The smallest absolute Gasteiger partial charge is 0.244 e. The lowest BCUT2D eigenvalue weighted by Gasteiger charge is -2.33. The number of nitrogens with one attached hydrogen (secondary N) is 1. The summed E-state index contributed by atoms with van der Waals surface area (Å²) in [6, 6.07) is 10.2. The van der Waals surface area contributed by atoms with E-state index in [2.05, 4.69) is 22.3 Å². The number of amides is 1. The summed E-state index contributed by atoms with van der Waals surface area (Å²) in [7, 11) is 0. The van der Waals surface area contributed by atoms with Gasteiger partial charge in [0.05, 0.1) is 0 Å². The van der Waals surface area contributed by atoms with Crippen LogP contribution in [0.3, 0.4) is 0 Å². The number of fused-ring (bicyclic) bond motifs is 6. The lowest BCUT2D eigenvalue weighted by molar-refractivity contribution is -0.116. The number of carbonyl (C=O) groups is 1. The molecule has 4 rings (SSSR count). The summed E-state index contributed by atoms with van der Waals surface area (Å²) in [4.78, 5) is 14.4. The SMILES string of the molecule is O=C1/C=C(/c2ccccc2)CN2CCC(CC2)CN1. The molecule has 0 aliphatic carbocycles. The van der Waals surface area contributed by atoms with Crippen molar-refractivity contribution in [1.29, 1.82) is 0 Å². The van der Waals surface area contributed by atoms with Crippen LogP contribution in [0.5, 0.6) is 0 Å². The number of benzene rings is 1. The van der Waals surface area contributed by atoms with E-state index in [4.69, 9.17) is 0 Å². The standard InChI is InChI=1S/C16H20N2O/c19-16-10-15(14-4-2-1-3-5-14)12-18-8-6-13(7-9-18)11-17-16/h1-5,10,13H,6-9,11-12H2,(H,17,19)/b15-10+. The van der Waals surface area contributed by atoms with E-state index in [1.165, 1.54) is 12.8 Å².